The van der Waals surface area contributed by atoms with Crippen molar-refractivity contribution in [3.05, 3.63) is 47.3 Å². The Bertz CT molecular complexity index is 928. The molecular weight excluding hydrogens is 346 g/mol. The quantitative estimate of drug-likeness (QED) is 0.642. The fourth-order valence-corrected chi connectivity index (χ4v) is 4.17. The van der Waals surface area contributed by atoms with Crippen LogP contribution in [0, 0.1) is 0 Å². The molecule has 4 nitrogen and oxygen atoms in total. The maximum atomic E-state index is 10.9. The molecule has 1 aliphatic carbocycles. The fraction of sp³-hybridized carbons (Fsp3) is 0.333. The summed E-state index contributed by atoms with van der Waals surface area (Å²) in [5.41, 5.74) is 4.14. The van der Waals surface area contributed by atoms with Gasteiger partial charge in [-0.3, -0.25) is 4.79 Å². The highest BCUT2D eigenvalue weighted by atomic mass is 32.1. The number of carboxylic acids is 1. The van der Waals surface area contributed by atoms with Crippen LogP contribution in [0.4, 0.5) is 0 Å². The zero-order valence-electron chi connectivity index (χ0n) is 14.5. The van der Waals surface area contributed by atoms with Crippen molar-refractivity contribution in [1.82, 2.24) is 4.37 Å². The molecule has 5 heteroatoms. The van der Waals surface area contributed by atoms with E-state index in [0.717, 1.165) is 46.2 Å². The number of aliphatic carboxylic acids is 1. The van der Waals surface area contributed by atoms with Gasteiger partial charge in [-0.25, -0.2) is 0 Å². The summed E-state index contributed by atoms with van der Waals surface area (Å²) in [6.07, 6.45) is 5.60. The molecule has 0 spiro atoms. The highest BCUT2D eigenvalue weighted by Crippen LogP contribution is 2.36. The molecule has 0 unspecified atom stereocenters. The fourth-order valence-electron chi connectivity index (χ4n) is 3.54. The molecule has 1 heterocycles. The van der Waals surface area contributed by atoms with E-state index in [9.17, 15) is 4.79 Å². The normalized spacial score (nSPS) is 14.8. The molecule has 1 N–H and O–H groups in total. The predicted molar refractivity (Wildman–Crippen MR) is 104 cm³/mol. The van der Waals surface area contributed by atoms with Crippen LogP contribution in [0.1, 0.15) is 37.7 Å². The van der Waals surface area contributed by atoms with Gasteiger partial charge in [0.05, 0.1) is 11.6 Å². The molecule has 0 atom stereocenters. The van der Waals surface area contributed by atoms with Gasteiger partial charge in [0.2, 0.25) is 0 Å². The molecule has 2 aromatic carbocycles. The van der Waals surface area contributed by atoms with Crippen LogP contribution in [0.2, 0.25) is 0 Å². The Hall–Kier alpha value is -2.40. The molecular formula is C21H21NO3S. The van der Waals surface area contributed by atoms with E-state index in [1.54, 1.807) is 0 Å². The van der Waals surface area contributed by atoms with Crippen molar-refractivity contribution >= 4 is 28.4 Å². The first-order valence-corrected chi connectivity index (χ1v) is 9.88. The largest absolute Gasteiger partial charge is 0.490 e. The number of hydrogen-bond acceptors (Lipinski definition) is 4. The number of carboxylic acid groups (broad SMARTS) is 1. The molecule has 26 heavy (non-hydrogen) atoms. The summed E-state index contributed by atoms with van der Waals surface area (Å²) in [4.78, 5) is 10.9. The number of rotatable bonds is 6. The van der Waals surface area contributed by atoms with Crippen LogP contribution in [0.3, 0.4) is 0 Å². The summed E-state index contributed by atoms with van der Waals surface area (Å²) >= 11 is 1.46. The third-order valence-electron chi connectivity index (χ3n) is 4.94. The topological polar surface area (TPSA) is 59.4 Å². The van der Waals surface area contributed by atoms with Crippen molar-refractivity contribution in [2.45, 2.75) is 44.6 Å². The van der Waals surface area contributed by atoms with E-state index in [1.165, 1.54) is 24.4 Å². The highest BCUT2D eigenvalue weighted by molar-refractivity contribution is 7.04. The van der Waals surface area contributed by atoms with Crippen molar-refractivity contribution in [3.63, 3.8) is 0 Å². The van der Waals surface area contributed by atoms with Crippen molar-refractivity contribution in [2.24, 2.45) is 0 Å². The van der Waals surface area contributed by atoms with Crippen molar-refractivity contribution in [2.75, 3.05) is 0 Å². The van der Waals surface area contributed by atoms with E-state index in [0.29, 0.717) is 6.42 Å². The second kappa shape index (κ2) is 7.46. The minimum atomic E-state index is -0.774. The maximum absolute atomic E-state index is 10.9. The van der Waals surface area contributed by atoms with Gasteiger partial charge in [-0.05, 0) is 79.0 Å². The van der Waals surface area contributed by atoms with Gasteiger partial charge >= 0.3 is 5.97 Å². The Morgan fingerprint density at radius 1 is 1.19 bits per heavy atom. The minimum Gasteiger partial charge on any atom is -0.490 e. The van der Waals surface area contributed by atoms with Gasteiger partial charge in [0.15, 0.2) is 0 Å². The molecule has 0 radical (unpaired) electrons. The van der Waals surface area contributed by atoms with Crippen molar-refractivity contribution in [3.8, 4) is 16.9 Å². The van der Waals surface area contributed by atoms with Gasteiger partial charge in [0, 0.05) is 22.8 Å². The Morgan fingerprint density at radius 2 is 2.04 bits per heavy atom. The molecule has 1 fully saturated rings. The first kappa shape index (κ1) is 17.0. The average Bonchev–Trinajstić information content (AvgIpc) is 3.31. The van der Waals surface area contributed by atoms with E-state index in [4.69, 9.17) is 9.84 Å². The van der Waals surface area contributed by atoms with Crippen LogP contribution in [-0.2, 0) is 11.2 Å². The zero-order valence-corrected chi connectivity index (χ0v) is 15.3. The number of aryl methyl sites for hydroxylation is 1. The first-order chi connectivity index (χ1) is 12.7. The molecule has 1 aromatic heterocycles. The lowest BCUT2D eigenvalue weighted by Crippen LogP contribution is -2.11. The third-order valence-corrected chi connectivity index (χ3v) is 5.60. The maximum Gasteiger partial charge on any atom is 0.303 e. The van der Waals surface area contributed by atoms with E-state index >= 15 is 0 Å². The monoisotopic (exact) mass is 367 g/mol. The predicted octanol–water partition coefficient (Wildman–Crippen LogP) is 5.30. The Labute approximate surface area is 156 Å². The van der Waals surface area contributed by atoms with E-state index in [2.05, 4.69) is 22.6 Å². The summed E-state index contributed by atoms with van der Waals surface area (Å²) < 4.78 is 10.7. The Morgan fingerprint density at radius 3 is 2.85 bits per heavy atom. The number of benzene rings is 2. The highest BCUT2D eigenvalue weighted by Gasteiger charge is 2.19. The molecule has 0 saturated heterocycles. The first-order valence-electron chi connectivity index (χ1n) is 9.05. The number of ether oxygens (including phenoxy) is 1. The Kier molecular flexibility index (Phi) is 4.89. The minimum absolute atomic E-state index is 0.135. The average molecular weight is 367 g/mol. The lowest BCUT2D eigenvalue weighted by atomic mass is 9.98. The van der Waals surface area contributed by atoms with Crippen LogP contribution in [0.15, 0.2) is 41.8 Å². The molecule has 4 rings (SSSR count). The SMILES string of the molecule is O=C(O)CCc1ccc(OC2CCCC2)c(-c2ccc3nscc3c2)c1. The summed E-state index contributed by atoms with van der Waals surface area (Å²) in [7, 11) is 0. The van der Waals surface area contributed by atoms with Crippen LogP contribution in [0.5, 0.6) is 5.75 Å². The lowest BCUT2D eigenvalue weighted by Gasteiger charge is -2.18. The number of hydrogen-bond donors (Lipinski definition) is 1. The van der Waals surface area contributed by atoms with E-state index in [1.807, 2.05) is 23.6 Å². The number of aromatic nitrogens is 1. The zero-order chi connectivity index (χ0) is 17.9. The molecule has 3 aromatic rings. The van der Waals surface area contributed by atoms with Crippen LogP contribution < -0.4 is 4.74 Å². The summed E-state index contributed by atoms with van der Waals surface area (Å²) in [5.74, 6) is 0.113. The van der Waals surface area contributed by atoms with Gasteiger partial charge in [-0.15, -0.1) is 0 Å². The van der Waals surface area contributed by atoms with Crippen LogP contribution in [-0.4, -0.2) is 21.6 Å². The summed E-state index contributed by atoms with van der Waals surface area (Å²) in [6, 6.07) is 12.3. The molecule has 0 bridgehead atoms. The second-order valence-electron chi connectivity index (χ2n) is 6.84. The van der Waals surface area contributed by atoms with Gasteiger partial charge in [-0.1, -0.05) is 12.1 Å². The lowest BCUT2D eigenvalue weighted by molar-refractivity contribution is -0.136. The Balaban J connectivity index is 1.71. The van der Waals surface area contributed by atoms with Gasteiger partial charge in [0.25, 0.3) is 0 Å². The van der Waals surface area contributed by atoms with Gasteiger partial charge < -0.3 is 9.84 Å². The molecule has 134 valence electrons. The standard InChI is InChI=1S/C21H21NO3S/c23-21(24)10-6-14-5-9-20(25-17-3-1-2-4-17)18(11-14)15-7-8-19-16(12-15)13-26-22-19/h5,7-9,11-13,17H,1-4,6,10H2,(H,23,24). The van der Waals surface area contributed by atoms with Gasteiger partial charge in [-0.2, -0.15) is 4.37 Å². The summed E-state index contributed by atoms with van der Waals surface area (Å²) in [5, 5.41) is 12.1. The van der Waals surface area contributed by atoms with E-state index < -0.39 is 5.97 Å². The number of fused-ring (bicyclic) bond motifs is 1. The smallest absolute Gasteiger partial charge is 0.303 e. The van der Waals surface area contributed by atoms with Crippen LogP contribution in [0.25, 0.3) is 22.0 Å². The van der Waals surface area contributed by atoms with Gasteiger partial charge in [0.1, 0.15) is 5.75 Å². The number of carbonyl (C=O) groups is 1. The van der Waals surface area contributed by atoms with E-state index in [-0.39, 0.29) is 12.5 Å². The molecule has 1 aliphatic rings. The molecule has 1 saturated carbocycles. The van der Waals surface area contributed by atoms with Crippen LogP contribution >= 0.6 is 11.5 Å². The second-order valence-corrected chi connectivity index (χ2v) is 7.47. The summed E-state index contributed by atoms with van der Waals surface area (Å²) in [6.45, 7) is 0. The molecule has 0 amide bonds. The third kappa shape index (κ3) is 3.73. The van der Waals surface area contributed by atoms with Crippen molar-refractivity contribution < 1.29 is 14.6 Å². The number of nitrogens with zero attached hydrogens (tertiary/aromatic N) is 1. The van der Waals surface area contributed by atoms with Crippen molar-refractivity contribution in [1.29, 1.82) is 0 Å². The molecule has 0 aliphatic heterocycles.